The topological polar surface area (TPSA) is 233 Å². The SMILES string of the molecule is CCCCC[C@H](O)CC[C@@H]1[C@@]2(CC[C@H](CNC)C2)CC[C@]12SSC[C@@]13O[C@@H](Oc4c(CCC(=O)OCC)cc5ccoc5c4OCCN[C@H]2CC[C@H](C)CCC[C@H]1O)[C@@]1(O)[C@@H]2[C@H](CO)[C@@H](O)C=C[C@H]2C[C@]3(O)[C@@H]1O. The summed E-state index contributed by atoms with van der Waals surface area (Å²) in [5.74, 6) is -1.83. The Hall–Kier alpha value is -2.13. The molecule has 2 aromatic rings. The van der Waals surface area contributed by atoms with E-state index in [9.17, 15) is 40.5 Å². The monoisotopic (exact) mass is 1070 g/mol. The fraction of sp³-hybridized carbons (Fsp3) is 0.807. The fourth-order valence-corrected chi connectivity index (χ4v) is 19.9. The number of nitrogens with one attached hydrogen (secondary N) is 2. The molecule has 3 aliphatic heterocycles. The maximum absolute atomic E-state index is 13.7. The van der Waals surface area contributed by atoms with Crippen LogP contribution in [0.3, 0.4) is 0 Å². The average molecular weight is 1070 g/mol. The predicted molar refractivity (Wildman–Crippen MR) is 287 cm³/mol. The van der Waals surface area contributed by atoms with Gasteiger partial charge in [0, 0.05) is 53.3 Å². The van der Waals surface area contributed by atoms with Crippen LogP contribution in [0.15, 0.2) is 35.0 Å². The van der Waals surface area contributed by atoms with Gasteiger partial charge in [0.2, 0.25) is 12.0 Å². The minimum absolute atomic E-state index is 0.00137. The summed E-state index contributed by atoms with van der Waals surface area (Å²) in [6.07, 6.45) is 12.4. The van der Waals surface area contributed by atoms with Crippen LogP contribution < -0.4 is 20.1 Å². The van der Waals surface area contributed by atoms with E-state index in [1.165, 1.54) is 0 Å². The van der Waals surface area contributed by atoms with E-state index < -0.39 is 77.8 Å². The number of unbranched alkanes of at least 4 members (excludes halogenated alkanes) is 2. The van der Waals surface area contributed by atoms with Crippen molar-refractivity contribution >= 4 is 38.5 Å². The Kier molecular flexibility index (Phi) is 18.1. The van der Waals surface area contributed by atoms with Crippen molar-refractivity contribution in [1.82, 2.24) is 10.6 Å². The predicted octanol–water partition coefficient (Wildman–Crippen LogP) is 6.97. The normalized spacial score (nSPS) is 40.9. The number of hydrogen-bond acceptors (Lipinski definition) is 17. The first kappa shape index (κ1) is 56.6. The van der Waals surface area contributed by atoms with Crippen molar-refractivity contribution in [1.29, 1.82) is 0 Å². The van der Waals surface area contributed by atoms with Gasteiger partial charge in [0.15, 0.2) is 16.9 Å². The molecule has 17 heteroatoms. The molecule has 1 aromatic carbocycles. The number of allylic oxidation sites excluding steroid dienone is 1. The van der Waals surface area contributed by atoms with E-state index >= 15 is 0 Å². The van der Waals surface area contributed by atoms with Gasteiger partial charge in [-0.05, 0) is 151 Å². The highest BCUT2D eigenvalue weighted by atomic mass is 33.1. The van der Waals surface area contributed by atoms with Crippen LogP contribution >= 0.6 is 21.6 Å². The number of rotatable bonds is 14. The molecule has 7 aliphatic rings. The van der Waals surface area contributed by atoms with Gasteiger partial charge in [0.25, 0.3) is 0 Å². The summed E-state index contributed by atoms with van der Waals surface area (Å²) in [5, 5.41) is 96.0. The van der Waals surface area contributed by atoms with Crippen LogP contribution in [-0.4, -0.2) is 146 Å². The molecule has 5 bridgehead atoms. The lowest BCUT2D eigenvalue weighted by Crippen LogP contribution is -2.86. The Balaban J connectivity index is 1.23. The molecule has 416 valence electrons. The Bertz CT molecular complexity index is 2240. The molecule has 3 spiro atoms. The Morgan fingerprint density at radius 1 is 1.01 bits per heavy atom. The fourth-order valence-electron chi connectivity index (χ4n) is 15.6. The lowest BCUT2D eigenvalue weighted by molar-refractivity contribution is -0.424. The van der Waals surface area contributed by atoms with Gasteiger partial charge in [0.05, 0.1) is 31.2 Å². The van der Waals surface area contributed by atoms with Crippen LogP contribution in [0.25, 0.3) is 11.0 Å². The zero-order valence-corrected chi connectivity index (χ0v) is 46.0. The molecule has 4 aliphatic carbocycles. The van der Waals surface area contributed by atoms with Gasteiger partial charge >= 0.3 is 5.97 Å². The highest BCUT2D eigenvalue weighted by Crippen LogP contribution is 2.69. The van der Waals surface area contributed by atoms with E-state index in [4.69, 9.17) is 23.4 Å². The maximum atomic E-state index is 13.7. The van der Waals surface area contributed by atoms with Crippen LogP contribution in [0.5, 0.6) is 11.5 Å². The number of aliphatic hydroxyl groups excluding tert-OH is 5. The molecule has 15 nitrogen and oxygen atoms in total. The number of hydrogen-bond donors (Lipinski definition) is 9. The number of carbonyl (C=O) groups is 1. The summed E-state index contributed by atoms with van der Waals surface area (Å²) in [5.41, 5.74) is -5.79. The van der Waals surface area contributed by atoms with E-state index in [0.29, 0.717) is 47.8 Å². The minimum atomic E-state index is -2.49. The molecule has 1 aromatic heterocycles. The van der Waals surface area contributed by atoms with Crippen LogP contribution in [0.4, 0.5) is 0 Å². The molecular formula is C57H88N2O13S2. The summed E-state index contributed by atoms with van der Waals surface area (Å²) in [4.78, 5) is 13.0. The highest BCUT2D eigenvalue weighted by Gasteiger charge is 2.78. The van der Waals surface area contributed by atoms with Crippen molar-refractivity contribution in [3.8, 4) is 11.5 Å². The second kappa shape index (κ2) is 23.7. The molecule has 9 rings (SSSR count). The largest absolute Gasteiger partial charge is 0.485 e. The summed E-state index contributed by atoms with van der Waals surface area (Å²) in [6, 6.07) is 3.64. The molecule has 0 amide bonds. The first-order valence-corrected chi connectivity index (χ1v) is 30.8. The van der Waals surface area contributed by atoms with Gasteiger partial charge in [-0.2, -0.15) is 0 Å². The quantitative estimate of drug-likeness (QED) is 0.0402. The summed E-state index contributed by atoms with van der Waals surface area (Å²) in [7, 11) is 5.42. The Labute approximate surface area is 446 Å². The lowest BCUT2D eigenvalue weighted by atomic mass is 9.50. The molecular weight excluding hydrogens is 985 g/mol. The average Bonchev–Trinajstić information content (AvgIpc) is 4.11. The molecule has 74 heavy (non-hydrogen) atoms. The number of furan rings is 1. The van der Waals surface area contributed by atoms with E-state index in [1.54, 1.807) is 42.2 Å². The summed E-state index contributed by atoms with van der Waals surface area (Å²) < 4.78 is 32.5. The third-order valence-electron chi connectivity index (χ3n) is 19.4. The Morgan fingerprint density at radius 2 is 1.85 bits per heavy atom. The molecule has 4 heterocycles. The third-order valence-corrected chi connectivity index (χ3v) is 22.8. The van der Waals surface area contributed by atoms with E-state index in [2.05, 4.69) is 24.5 Å². The van der Waals surface area contributed by atoms with Crippen molar-refractivity contribution in [3.05, 3.63) is 36.1 Å². The van der Waals surface area contributed by atoms with Crippen LogP contribution in [0.2, 0.25) is 0 Å². The van der Waals surface area contributed by atoms with Crippen molar-refractivity contribution < 1.29 is 63.9 Å². The number of aryl methyl sites for hydroxylation is 1. The van der Waals surface area contributed by atoms with Crippen molar-refractivity contribution in [2.75, 3.05) is 45.7 Å². The van der Waals surface area contributed by atoms with E-state index in [-0.39, 0.29) is 78.3 Å². The standard InChI is InChI=1S/C57H88N2O13S2/c1-5-7-8-11-40(61)16-18-43-53(23-21-36(30-53)32-58-4)24-25-54(43)44-19-13-35(3)10-9-12-45(63)56(34-73-74-54)55(66)31-39-14-17-42(62)41(33-60)47(39)57(67,51(55)65)52(72-56)71-49-37(15-20-46(64)68-6-2)29-38-22-27-69-48(38)50(49)70-28-26-59-44/h14,17,22,27,29,35-36,39-45,47,51-52,58-63,65-67H,5-13,15-16,18-21,23-26,28,30-34H2,1-4H3/t35-,36+,39+,40+,41-,42+,43-,44+,45-,47+,51+,52-,53+,54+,55+,56-,57-/m1/s1. The first-order valence-electron chi connectivity index (χ1n) is 28.4. The Morgan fingerprint density at radius 3 is 2.64 bits per heavy atom. The number of ether oxygens (including phenoxy) is 4. The molecule has 0 unspecified atom stereocenters. The van der Waals surface area contributed by atoms with Crippen LogP contribution in [-0.2, 0) is 20.7 Å². The molecule has 2 saturated heterocycles. The minimum Gasteiger partial charge on any atom is -0.485 e. The van der Waals surface area contributed by atoms with E-state index in [1.807, 2.05) is 23.9 Å². The molecule has 9 N–H and O–H groups in total. The third kappa shape index (κ3) is 10.4. The smallest absolute Gasteiger partial charge is 0.306 e. The summed E-state index contributed by atoms with van der Waals surface area (Å²) in [6.45, 7) is 7.46. The van der Waals surface area contributed by atoms with Gasteiger partial charge in [0.1, 0.15) is 23.9 Å². The number of benzene rings is 1. The van der Waals surface area contributed by atoms with Gasteiger partial charge in [-0.1, -0.05) is 79.7 Å². The second-order valence-corrected chi connectivity index (χ2v) is 26.4. The van der Waals surface area contributed by atoms with Gasteiger partial charge < -0.3 is 69.7 Å². The second-order valence-electron chi connectivity index (χ2n) is 23.7. The van der Waals surface area contributed by atoms with Crippen LogP contribution in [0.1, 0.15) is 142 Å². The number of fused-ring (bicyclic) bond motifs is 11. The number of aliphatic hydroxyl groups is 7. The van der Waals surface area contributed by atoms with Gasteiger partial charge in [-0.25, -0.2) is 0 Å². The van der Waals surface area contributed by atoms with Crippen molar-refractivity contribution in [2.24, 2.45) is 40.9 Å². The zero-order chi connectivity index (χ0) is 52.5. The summed E-state index contributed by atoms with van der Waals surface area (Å²) >= 11 is 0. The van der Waals surface area contributed by atoms with Gasteiger partial charge in [-0.15, -0.1) is 0 Å². The zero-order valence-electron chi connectivity index (χ0n) is 44.4. The highest BCUT2D eigenvalue weighted by molar-refractivity contribution is 8.77. The molecule has 17 atom stereocenters. The molecule has 0 radical (unpaired) electrons. The molecule has 5 fully saturated rings. The lowest BCUT2D eigenvalue weighted by Gasteiger charge is -2.67. The van der Waals surface area contributed by atoms with Gasteiger partial charge in [-0.3, -0.25) is 4.79 Å². The number of esters is 1. The van der Waals surface area contributed by atoms with Crippen molar-refractivity contribution in [2.45, 2.75) is 201 Å². The van der Waals surface area contributed by atoms with Crippen LogP contribution in [0, 0.1) is 40.9 Å². The maximum Gasteiger partial charge on any atom is 0.306 e. The first-order chi connectivity index (χ1) is 35.6. The number of carbonyl (C=O) groups excluding carboxylic acids is 1. The molecule has 3 saturated carbocycles. The van der Waals surface area contributed by atoms with E-state index in [0.717, 1.165) is 90.0 Å². The van der Waals surface area contributed by atoms with Crippen molar-refractivity contribution in [3.63, 3.8) is 0 Å².